The Morgan fingerprint density at radius 3 is 2.68 bits per heavy atom. The SMILES string of the molecule is CCCNC(c1ccc(Cl)s1)c1ccc(Br)cc1C. The first-order valence-electron chi connectivity index (χ1n) is 6.36. The Morgan fingerprint density at radius 1 is 1.32 bits per heavy atom. The first-order valence-corrected chi connectivity index (χ1v) is 8.35. The van der Waals surface area contributed by atoms with Gasteiger partial charge < -0.3 is 5.32 Å². The average molecular weight is 359 g/mol. The number of rotatable bonds is 5. The van der Waals surface area contributed by atoms with E-state index in [1.807, 2.05) is 6.07 Å². The predicted molar refractivity (Wildman–Crippen MR) is 88.3 cm³/mol. The second kappa shape index (κ2) is 6.89. The molecule has 1 heterocycles. The largest absolute Gasteiger partial charge is 0.306 e. The molecule has 0 amide bonds. The Morgan fingerprint density at radius 2 is 2.11 bits per heavy atom. The molecule has 4 heteroatoms. The highest BCUT2D eigenvalue weighted by molar-refractivity contribution is 9.10. The first-order chi connectivity index (χ1) is 9.11. The number of benzene rings is 1. The molecule has 0 aliphatic heterocycles. The molecule has 102 valence electrons. The van der Waals surface area contributed by atoms with Crippen molar-refractivity contribution >= 4 is 38.9 Å². The third kappa shape index (κ3) is 3.82. The number of halogens is 2. The van der Waals surface area contributed by atoms with Crippen LogP contribution in [0.5, 0.6) is 0 Å². The van der Waals surface area contributed by atoms with Gasteiger partial charge in [0.25, 0.3) is 0 Å². The summed E-state index contributed by atoms with van der Waals surface area (Å²) in [5.74, 6) is 0. The molecule has 0 radical (unpaired) electrons. The lowest BCUT2D eigenvalue weighted by Crippen LogP contribution is -2.23. The van der Waals surface area contributed by atoms with E-state index in [0.29, 0.717) is 0 Å². The zero-order valence-corrected chi connectivity index (χ0v) is 14.2. The lowest BCUT2D eigenvalue weighted by atomic mass is 10.00. The van der Waals surface area contributed by atoms with Crippen LogP contribution in [0, 0.1) is 6.92 Å². The van der Waals surface area contributed by atoms with E-state index >= 15 is 0 Å². The third-order valence-corrected chi connectivity index (χ3v) is 4.81. The standard InChI is InChI=1S/C15H17BrClNS/c1-3-8-18-15(13-6-7-14(17)19-13)12-5-4-11(16)9-10(12)2/h4-7,9,15,18H,3,8H2,1-2H3. The highest BCUT2D eigenvalue weighted by Crippen LogP contribution is 2.33. The second-order valence-electron chi connectivity index (χ2n) is 4.53. The maximum Gasteiger partial charge on any atom is 0.0931 e. The molecule has 0 bridgehead atoms. The lowest BCUT2D eigenvalue weighted by Gasteiger charge is -2.20. The topological polar surface area (TPSA) is 12.0 Å². The molecule has 1 N–H and O–H groups in total. The van der Waals surface area contributed by atoms with Crippen molar-refractivity contribution in [3.63, 3.8) is 0 Å². The highest BCUT2D eigenvalue weighted by Gasteiger charge is 2.17. The van der Waals surface area contributed by atoms with Crippen LogP contribution in [0.3, 0.4) is 0 Å². The lowest BCUT2D eigenvalue weighted by molar-refractivity contribution is 0.603. The van der Waals surface area contributed by atoms with Gasteiger partial charge in [0.15, 0.2) is 0 Å². The summed E-state index contributed by atoms with van der Waals surface area (Å²) in [6.07, 6.45) is 1.12. The quantitative estimate of drug-likeness (QED) is 0.737. The number of hydrogen-bond acceptors (Lipinski definition) is 2. The van der Waals surface area contributed by atoms with Crippen molar-refractivity contribution in [3.8, 4) is 0 Å². The summed E-state index contributed by atoms with van der Waals surface area (Å²) < 4.78 is 1.96. The van der Waals surface area contributed by atoms with Crippen molar-refractivity contribution < 1.29 is 0 Å². The smallest absolute Gasteiger partial charge is 0.0931 e. The van der Waals surface area contributed by atoms with Crippen LogP contribution in [0.4, 0.5) is 0 Å². The van der Waals surface area contributed by atoms with E-state index in [0.717, 1.165) is 21.8 Å². The van der Waals surface area contributed by atoms with E-state index in [1.165, 1.54) is 16.0 Å². The normalized spacial score (nSPS) is 12.6. The summed E-state index contributed by atoms with van der Waals surface area (Å²) in [6.45, 7) is 5.32. The van der Waals surface area contributed by atoms with Gasteiger partial charge in [-0.3, -0.25) is 0 Å². The fourth-order valence-electron chi connectivity index (χ4n) is 2.10. The number of aryl methyl sites for hydroxylation is 1. The minimum absolute atomic E-state index is 0.227. The molecule has 0 aliphatic carbocycles. The number of hydrogen-bond donors (Lipinski definition) is 1. The maximum atomic E-state index is 6.07. The highest BCUT2D eigenvalue weighted by atomic mass is 79.9. The van der Waals surface area contributed by atoms with Crippen LogP contribution in [0.15, 0.2) is 34.8 Å². The van der Waals surface area contributed by atoms with E-state index < -0.39 is 0 Å². The van der Waals surface area contributed by atoms with Crippen LogP contribution >= 0.6 is 38.9 Å². The average Bonchev–Trinajstić information content (AvgIpc) is 2.78. The molecule has 1 aromatic heterocycles. The molecule has 1 atom stereocenters. The molecule has 1 unspecified atom stereocenters. The Balaban J connectivity index is 2.36. The van der Waals surface area contributed by atoms with Crippen molar-refractivity contribution in [3.05, 3.63) is 55.1 Å². The molecule has 2 rings (SSSR count). The Hall–Kier alpha value is -0.350. The van der Waals surface area contributed by atoms with Crippen molar-refractivity contribution in [2.24, 2.45) is 0 Å². The van der Waals surface area contributed by atoms with Gasteiger partial charge in [-0.25, -0.2) is 0 Å². The van der Waals surface area contributed by atoms with Gasteiger partial charge in [-0.15, -0.1) is 11.3 Å². The summed E-state index contributed by atoms with van der Waals surface area (Å²) >= 11 is 11.2. The van der Waals surface area contributed by atoms with E-state index in [4.69, 9.17) is 11.6 Å². The fraction of sp³-hybridized carbons (Fsp3) is 0.333. The summed E-state index contributed by atoms with van der Waals surface area (Å²) in [5, 5.41) is 3.61. The Bertz CT molecular complexity index is 553. The van der Waals surface area contributed by atoms with Crippen LogP contribution < -0.4 is 5.32 Å². The minimum Gasteiger partial charge on any atom is -0.306 e. The van der Waals surface area contributed by atoms with Crippen molar-refractivity contribution in [1.82, 2.24) is 5.32 Å². The van der Waals surface area contributed by atoms with Crippen LogP contribution in [0.25, 0.3) is 0 Å². The molecular formula is C15H17BrClNS. The van der Waals surface area contributed by atoms with Gasteiger partial charge in [0.05, 0.1) is 10.4 Å². The van der Waals surface area contributed by atoms with Crippen LogP contribution in [0.1, 0.15) is 35.4 Å². The van der Waals surface area contributed by atoms with E-state index in [-0.39, 0.29) is 6.04 Å². The molecule has 0 aliphatic rings. The minimum atomic E-state index is 0.227. The van der Waals surface area contributed by atoms with E-state index in [2.05, 4.69) is 59.4 Å². The van der Waals surface area contributed by atoms with Gasteiger partial charge in [0, 0.05) is 9.35 Å². The molecule has 19 heavy (non-hydrogen) atoms. The maximum absolute atomic E-state index is 6.07. The van der Waals surface area contributed by atoms with Crippen molar-refractivity contribution in [1.29, 1.82) is 0 Å². The zero-order valence-electron chi connectivity index (χ0n) is 11.0. The summed E-state index contributed by atoms with van der Waals surface area (Å²) in [6, 6.07) is 10.7. The molecule has 0 spiro atoms. The van der Waals surface area contributed by atoms with Gasteiger partial charge >= 0.3 is 0 Å². The Labute approximate surface area is 132 Å². The number of thiophene rings is 1. The fourth-order valence-corrected chi connectivity index (χ4v) is 3.73. The predicted octanol–water partition coefficient (Wildman–Crippen LogP) is 5.56. The molecule has 1 aromatic carbocycles. The molecule has 0 saturated carbocycles. The molecular weight excluding hydrogens is 342 g/mol. The summed E-state index contributed by atoms with van der Waals surface area (Å²) in [4.78, 5) is 1.27. The van der Waals surface area contributed by atoms with E-state index in [1.54, 1.807) is 11.3 Å². The molecule has 0 fully saturated rings. The summed E-state index contributed by atoms with van der Waals surface area (Å²) in [7, 11) is 0. The van der Waals surface area contributed by atoms with Crippen LogP contribution in [-0.2, 0) is 0 Å². The van der Waals surface area contributed by atoms with Crippen LogP contribution in [-0.4, -0.2) is 6.54 Å². The third-order valence-electron chi connectivity index (χ3n) is 3.02. The van der Waals surface area contributed by atoms with Crippen molar-refractivity contribution in [2.45, 2.75) is 26.3 Å². The van der Waals surface area contributed by atoms with Gasteiger partial charge in [-0.05, 0) is 55.3 Å². The van der Waals surface area contributed by atoms with E-state index in [9.17, 15) is 0 Å². The molecule has 0 saturated heterocycles. The molecule has 2 aromatic rings. The van der Waals surface area contributed by atoms with Gasteiger partial charge in [-0.2, -0.15) is 0 Å². The first kappa shape index (κ1) is 15.0. The monoisotopic (exact) mass is 357 g/mol. The second-order valence-corrected chi connectivity index (χ2v) is 7.19. The van der Waals surface area contributed by atoms with Gasteiger partial charge in [0.2, 0.25) is 0 Å². The van der Waals surface area contributed by atoms with Crippen LogP contribution in [0.2, 0.25) is 4.34 Å². The Kier molecular flexibility index (Phi) is 5.46. The number of nitrogens with one attached hydrogen (secondary N) is 1. The molecule has 1 nitrogen and oxygen atoms in total. The summed E-state index contributed by atoms with van der Waals surface area (Å²) in [5.41, 5.74) is 2.60. The van der Waals surface area contributed by atoms with Crippen molar-refractivity contribution in [2.75, 3.05) is 6.54 Å². The van der Waals surface area contributed by atoms with Gasteiger partial charge in [-0.1, -0.05) is 40.5 Å². The van der Waals surface area contributed by atoms with Gasteiger partial charge in [0.1, 0.15) is 0 Å². The zero-order chi connectivity index (χ0) is 13.8.